The molecule has 1 aliphatic heterocycles. The van der Waals surface area contributed by atoms with E-state index < -0.39 is 5.97 Å². The highest BCUT2D eigenvalue weighted by molar-refractivity contribution is 5.88. The summed E-state index contributed by atoms with van der Waals surface area (Å²) in [6, 6.07) is 3.51. The number of carbonyl (C=O) groups is 1. The Morgan fingerprint density at radius 3 is 2.95 bits per heavy atom. The van der Waals surface area contributed by atoms with Crippen molar-refractivity contribution in [2.45, 2.75) is 12.8 Å². The average Bonchev–Trinajstić information content (AvgIpc) is 3.16. The molecule has 1 aromatic heterocycles. The van der Waals surface area contributed by atoms with Crippen molar-refractivity contribution < 1.29 is 19.0 Å². The topological polar surface area (TPSA) is 57.7 Å². The first-order valence-electron chi connectivity index (χ1n) is 6.77. The number of hydrogen-bond donors (Lipinski definition) is 0. The van der Waals surface area contributed by atoms with E-state index in [0.717, 1.165) is 11.1 Å². The Bertz CT molecular complexity index is 549. The fourth-order valence-electron chi connectivity index (χ4n) is 2.07. The maximum Gasteiger partial charge on any atom is 0.356 e. The van der Waals surface area contributed by atoms with E-state index in [1.165, 1.54) is 20.0 Å². The predicted octanol–water partition coefficient (Wildman–Crippen LogP) is 2.07. The lowest BCUT2D eigenvalue weighted by Crippen LogP contribution is -2.09. The van der Waals surface area contributed by atoms with Crippen LogP contribution in [-0.4, -0.2) is 37.9 Å². The van der Waals surface area contributed by atoms with Crippen molar-refractivity contribution in [1.82, 2.24) is 4.98 Å². The third-order valence-corrected chi connectivity index (χ3v) is 3.46. The van der Waals surface area contributed by atoms with Crippen molar-refractivity contribution >= 4 is 11.5 Å². The van der Waals surface area contributed by atoms with Gasteiger partial charge in [-0.15, -0.1) is 0 Å². The van der Waals surface area contributed by atoms with Gasteiger partial charge in [-0.25, -0.2) is 9.78 Å². The minimum Gasteiger partial charge on any atom is -0.477 e. The second-order valence-corrected chi connectivity index (χ2v) is 5.04. The highest BCUT2D eigenvalue weighted by Gasteiger charge is 2.24. The van der Waals surface area contributed by atoms with Crippen LogP contribution in [0.5, 0.6) is 5.88 Å². The Balaban J connectivity index is 1.88. The first-order chi connectivity index (χ1) is 9.78. The summed E-state index contributed by atoms with van der Waals surface area (Å²) in [4.78, 5) is 15.9. The molecular weight excluding hydrogens is 258 g/mol. The summed E-state index contributed by atoms with van der Waals surface area (Å²) in [5, 5.41) is 0. The first-order valence-corrected chi connectivity index (χ1v) is 6.77. The SMILES string of the molecule is COC(=O)c1ccc(C2=CCOC2)c(OCC2CC2)n1. The number of rotatable bonds is 5. The fraction of sp³-hybridized carbons (Fsp3) is 0.467. The summed E-state index contributed by atoms with van der Waals surface area (Å²) in [7, 11) is 1.34. The van der Waals surface area contributed by atoms with E-state index in [1.807, 2.05) is 12.1 Å². The molecule has 1 saturated carbocycles. The number of ether oxygens (including phenoxy) is 3. The smallest absolute Gasteiger partial charge is 0.356 e. The van der Waals surface area contributed by atoms with Gasteiger partial charge in [-0.1, -0.05) is 6.08 Å². The zero-order valence-electron chi connectivity index (χ0n) is 11.4. The fourth-order valence-corrected chi connectivity index (χ4v) is 2.07. The molecule has 0 atom stereocenters. The first kappa shape index (κ1) is 13.1. The van der Waals surface area contributed by atoms with Gasteiger partial charge in [0.15, 0.2) is 5.69 Å². The van der Waals surface area contributed by atoms with Crippen molar-refractivity contribution in [3.8, 4) is 5.88 Å². The summed E-state index contributed by atoms with van der Waals surface area (Å²) < 4.78 is 15.8. The zero-order chi connectivity index (χ0) is 13.9. The minimum atomic E-state index is -0.454. The molecule has 5 heteroatoms. The number of methoxy groups -OCH3 is 1. The maximum absolute atomic E-state index is 11.6. The Hall–Kier alpha value is -1.88. The van der Waals surface area contributed by atoms with Gasteiger partial charge in [-0.05, 0) is 36.5 Å². The van der Waals surface area contributed by atoms with E-state index in [0.29, 0.717) is 31.6 Å². The molecule has 0 bridgehead atoms. The molecular formula is C15H17NO4. The highest BCUT2D eigenvalue weighted by atomic mass is 16.5. The van der Waals surface area contributed by atoms with Crippen LogP contribution in [0.25, 0.3) is 5.57 Å². The Labute approximate surface area is 117 Å². The molecule has 0 saturated heterocycles. The van der Waals surface area contributed by atoms with Gasteiger partial charge in [0.25, 0.3) is 0 Å². The van der Waals surface area contributed by atoms with Crippen molar-refractivity contribution in [1.29, 1.82) is 0 Å². The normalized spacial score (nSPS) is 17.8. The molecule has 3 rings (SSSR count). The Morgan fingerprint density at radius 1 is 1.45 bits per heavy atom. The second kappa shape index (κ2) is 5.63. The monoisotopic (exact) mass is 275 g/mol. The van der Waals surface area contributed by atoms with Crippen LogP contribution in [0.15, 0.2) is 18.2 Å². The number of carbonyl (C=O) groups excluding carboxylic acids is 1. The molecule has 106 valence electrons. The molecule has 0 amide bonds. The molecule has 0 spiro atoms. The van der Waals surface area contributed by atoms with Gasteiger partial charge in [0.05, 0.1) is 26.9 Å². The molecule has 0 N–H and O–H groups in total. The molecule has 5 nitrogen and oxygen atoms in total. The van der Waals surface area contributed by atoms with Gasteiger partial charge in [0.2, 0.25) is 5.88 Å². The van der Waals surface area contributed by atoms with Gasteiger partial charge in [0, 0.05) is 5.56 Å². The van der Waals surface area contributed by atoms with Crippen LogP contribution in [0, 0.1) is 5.92 Å². The summed E-state index contributed by atoms with van der Waals surface area (Å²) in [6.07, 6.45) is 4.43. The van der Waals surface area contributed by atoms with Crippen LogP contribution in [-0.2, 0) is 9.47 Å². The second-order valence-electron chi connectivity index (χ2n) is 5.04. The molecule has 0 aromatic carbocycles. The lowest BCUT2D eigenvalue weighted by Gasteiger charge is -2.11. The Kier molecular flexibility index (Phi) is 3.69. The third-order valence-electron chi connectivity index (χ3n) is 3.46. The van der Waals surface area contributed by atoms with Crippen LogP contribution in [0.1, 0.15) is 28.9 Å². The minimum absolute atomic E-state index is 0.265. The number of aromatic nitrogens is 1. The van der Waals surface area contributed by atoms with Crippen molar-refractivity contribution in [3.05, 3.63) is 29.5 Å². The predicted molar refractivity (Wildman–Crippen MR) is 72.6 cm³/mol. The molecule has 1 aliphatic carbocycles. The maximum atomic E-state index is 11.6. The van der Waals surface area contributed by atoms with Crippen LogP contribution >= 0.6 is 0 Å². The molecule has 1 aromatic rings. The number of pyridine rings is 1. The third kappa shape index (κ3) is 2.82. The van der Waals surface area contributed by atoms with E-state index in [-0.39, 0.29) is 5.69 Å². The van der Waals surface area contributed by atoms with Gasteiger partial charge in [-0.2, -0.15) is 0 Å². The molecule has 20 heavy (non-hydrogen) atoms. The largest absolute Gasteiger partial charge is 0.477 e. The Morgan fingerprint density at radius 2 is 2.30 bits per heavy atom. The van der Waals surface area contributed by atoms with Gasteiger partial charge < -0.3 is 14.2 Å². The van der Waals surface area contributed by atoms with E-state index in [2.05, 4.69) is 4.98 Å². The molecule has 0 unspecified atom stereocenters. The van der Waals surface area contributed by atoms with Crippen LogP contribution in [0.2, 0.25) is 0 Å². The van der Waals surface area contributed by atoms with Crippen molar-refractivity contribution in [2.24, 2.45) is 5.92 Å². The van der Waals surface area contributed by atoms with Gasteiger partial charge in [0.1, 0.15) is 0 Å². The van der Waals surface area contributed by atoms with E-state index in [1.54, 1.807) is 6.07 Å². The lowest BCUT2D eigenvalue weighted by molar-refractivity contribution is 0.0592. The summed E-state index contributed by atoms with van der Waals surface area (Å²) in [5.41, 5.74) is 2.22. The molecule has 2 aliphatic rings. The van der Waals surface area contributed by atoms with E-state index >= 15 is 0 Å². The molecule has 0 radical (unpaired) electrons. The quantitative estimate of drug-likeness (QED) is 0.770. The van der Waals surface area contributed by atoms with Crippen LogP contribution < -0.4 is 4.74 Å². The van der Waals surface area contributed by atoms with Crippen LogP contribution in [0.4, 0.5) is 0 Å². The number of esters is 1. The van der Waals surface area contributed by atoms with Crippen molar-refractivity contribution in [2.75, 3.05) is 26.9 Å². The molecule has 1 fully saturated rings. The van der Waals surface area contributed by atoms with Gasteiger partial charge >= 0.3 is 5.97 Å². The number of nitrogens with zero attached hydrogens (tertiary/aromatic N) is 1. The van der Waals surface area contributed by atoms with E-state index in [4.69, 9.17) is 14.2 Å². The lowest BCUT2D eigenvalue weighted by atomic mass is 10.1. The van der Waals surface area contributed by atoms with Crippen LogP contribution in [0.3, 0.4) is 0 Å². The average molecular weight is 275 g/mol. The molecule has 2 heterocycles. The summed E-state index contributed by atoms with van der Waals surface area (Å²) in [5.74, 6) is 0.668. The summed E-state index contributed by atoms with van der Waals surface area (Å²) >= 11 is 0. The zero-order valence-corrected chi connectivity index (χ0v) is 11.4. The number of hydrogen-bond acceptors (Lipinski definition) is 5. The van der Waals surface area contributed by atoms with E-state index in [9.17, 15) is 4.79 Å². The van der Waals surface area contributed by atoms with Gasteiger partial charge in [-0.3, -0.25) is 0 Å². The highest BCUT2D eigenvalue weighted by Crippen LogP contribution is 2.32. The standard InChI is InChI=1S/C15H17NO4/c1-18-15(17)13-5-4-12(11-6-7-19-9-11)14(16-13)20-8-10-2-3-10/h4-6,10H,2-3,7-9H2,1H3. The summed E-state index contributed by atoms with van der Waals surface area (Å²) in [6.45, 7) is 1.81. The van der Waals surface area contributed by atoms with Crippen molar-refractivity contribution in [3.63, 3.8) is 0 Å².